The van der Waals surface area contributed by atoms with E-state index in [-0.39, 0.29) is 5.76 Å². The summed E-state index contributed by atoms with van der Waals surface area (Å²) >= 11 is 0. The second-order valence-electron chi connectivity index (χ2n) is 3.63. The van der Waals surface area contributed by atoms with Crippen LogP contribution in [0.15, 0.2) is 41.1 Å². The Bertz CT molecular complexity index is 561. The molecule has 6 heteroatoms. The fourth-order valence-electron chi connectivity index (χ4n) is 1.43. The smallest absolute Gasteiger partial charge is 0.338 e. The summed E-state index contributed by atoms with van der Waals surface area (Å²) in [6.07, 6.45) is 1.39. The number of nitrogens with zero attached hydrogens (tertiary/aromatic N) is 1. The Morgan fingerprint density at radius 2 is 2.00 bits per heavy atom. The van der Waals surface area contributed by atoms with E-state index in [1.807, 2.05) is 0 Å². The first-order valence-electron chi connectivity index (χ1n) is 5.70. The van der Waals surface area contributed by atoms with Crippen molar-refractivity contribution in [1.82, 2.24) is 5.16 Å². The quantitative estimate of drug-likeness (QED) is 0.851. The summed E-state index contributed by atoms with van der Waals surface area (Å²) in [6.45, 7) is 2.06. The van der Waals surface area contributed by atoms with Crippen molar-refractivity contribution in [2.24, 2.45) is 0 Å². The van der Waals surface area contributed by atoms with Crippen molar-refractivity contribution < 1.29 is 18.8 Å². The predicted octanol–water partition coefficient (Wildman–Crippen LogP) is 2.10. The summed E-state index contributed by atoms with van der Waals surface area (Å²) in [5, 5.41) is 6.06. The standard InChI is InChI=1S/C13H12N2O4/c1-2-18-13(17)9-3-5-10(6-4-9)15-12(16)11-7-8-14-19-11/h3-8H,2H2,1H3,(H,15,16). The second kappa shape index (κ2) is 5.81. The van der Waals surface area contributed by atoms with Crippen molar-refractivity contribution in [3.05, 3.63) is 47.9 Å². The number of carbonyl (C=O) groups excluding carboxylic acids is 2. The van der Waals surface area contributed by atoms with Gasteiger partial charge >= 0.3 is 5.97 Å². The number of esters is 1. The third-order valence-electron chi connectivity index (χ3n) is 2.32. The lowest BCUT2D eigenvalue weighted by Crippen LogP contribution is -2.11. The molecule has 19 heavy (non-hydrogen) atoms. The lowest BCUT2D eigenvalue weighted by atomic mass is 10.2. The summed E-state index contributed by atoms with van der Waals surface area (Å²) in [5.74, 6) is -0.675. The molecule has 98 valence electrons. The topological polar surface area (TPSA) is 81.4 Å². The number of hydrogen-bond donors (Lipinski definition) is 1. The van der Waals surface area contributed by atoms with Gasteiger partial charge in [-0.1, -0.05) is 5.16 Å². The Morgan fingerprint density at radius 1 is 1.26 bits per heavy atom. The number of hydrogen-bond acceptors (Lipinski definition) is 5. The SMILES string of the molecule is CCOC(=O)c1ccc(NC(=O)c2ccno2)cc1. The third-order valence-corrected chi connectivity index (χ3v) is 2.32. The summed E-state index contributed by atoms with van der Waals surface area (Å²) in [7, 11) is 0. The number of carbonyl (C=O) groups is 2. The van der Waals surface area contributed by atoms with E-state index in [1.54, 1.807) is 31.2 Å². The van der Waals surface area contributed by atoms with Crippen LogP contribution in [0.25, 0.3) is 0 Å². The Morgan fingerprint density at radius 3 is 2.58 bits per heavy atom. The first-order chi connectivity index (χ1) is 9.20. The van der Waals surface area contributed by atoms with Crippen LogP contribution >= 0.6 is 0 Å². The number of benzene rings is 1. The molecule has 0 aliphatic rings. The van der Waals surface area contributed by atoms with E-state index in [4.69, 9.17) is 9.26 Å². The average Bonchev–Trinajstić information content (AvgIpc) is 2.94. The molecule has 0 unspecified atom stereocenters. The first kappa shape index (κ1) is 12.8. The Hall–Kier alpha value is -2.63. The Kier molecular flexibility index (Phi) is 3.92. The van der Waals surface area contributed by atoms with E-state index in [0.717, 1.165) is 0 Å². The molecule has 1 N–H and O–H groups in total. The van der Waals surface area contributed by atoms with E-state index in [2.05, 4.69) is 10.5 Å². The van der Waals surface area contributed by atoms with Gasteiger partial charge in [0.05, 0.1) is 18.4 Å². The molecule has 0 bridgehead atoms. The normalized spacial score (nSPS) is 9.95. The predicted molar refractivity (Wildman–Crippen MR) is 66.9 cm³/mol. The van der Waals surface area contributed by atoms with Crippen LogP contribution in [0.2, 0.25) is 0 Å². The van der Waals surface area contributed by atoms with Gasteiger partial charge in [-0.05, 0) is 31.2 Å². The highest BCUT2D eigenvalue weighted by molar-refractivity contribution is 6.02. The van der Waals surface area contributed by atoms with Crippen LogP contribution < -0.4 is 5.32 Å². The second-order valence-corrected chi connectivity index (χ2v) is 3.63. The zero-order chi connectivity index (χ0) is 13.7. The molecule has 1 aromatic carbocycles. The van der Waals surface area contributed by atoms with Crippen molar-refractivity contribution in [2.45, 2.75) is 6.92 Å². The maximum Gasteiger partial charge on any atom is 0.338 e. The fourth-order valence-corrected chi connectivity index (χ4v) is 1.43. The summed E-state index contributed by atoms with van der Waals surface area (Å²) in [5.41, 5.74) is 0.981. The van der Waals surface area contributed by atoms with Crippen LogP contribution in [0.5, 0.6) is 0 Å². The van der Waals surface area contributed by atoms with E-state index in [0.29, 0.717) is 17.9 Å². The molecule has 0 radical (unpaired) electrons. The molecule has 0 aliphatic heterocycles. The van der Waals surface area contributed by atoms with Gasteiger partial charge in [-0.2, -0.15) is 0 Å². The monoisotopic (exact) mass is 260 g/mol. The molecule has 0 saturated heterocycles. The summed E-state index contributed by atoms with van der Waals surface area (Å²) < 4.78 is 9.58. The molecule has 0 fully saturated rings. The highest BCUT2D eigenvalue weighted by Crippen LogP contribution is 2.12. The zero-order valence-electron chi connectivity index (χ0n) is 10.3. The van der Waals surface area contributed by atoms with Crippen molar-refractivity contribution in [3.63, 3.8) is 0 Å². The van der Waals surface area contributed by atoms with Crippen molar-refractivity contribution in [1.29, 1.82) is 0 Å². The van der Waals surface area contributed by atoms with Crippen LogP contribution in [-0.2, 0) is 4.74 Å². The molecule has 1 heterocycles. The minimum Gasteiger partial charge on any atom is -0.462 e. The van der Waals surface area contributed by atoms with Gasteiger partial charge < -0.3 is 14.6 Å². The maximum absolute atomic E-state index is 11.7. The third kappa shape index (κ3) is 3.19. The molecule has 0 aliphatic carbocycles. The molecule has 0 spiro atoms. The number of aromatic nitrogens is 1. The number of amides is 1. The molecule has 0 atom stereocenters. The Balaban J connectivity index is 2.03. The van der Waals surface area contributed by atoms with Crippen molar-refractivity contribution in [3.8, 4) is 0 Å². The molecule has 0 saturated carbocycles. The number of rotatable bonds is 4. The number of nitrogens with one attached hydrogen (secondary N) is 1. The lowest BCUT2D eigenvalue weighted by Gasteiger charge is -2.04. The van der Waals surface area contributed by atoms with Gasteiger partial charge in [-0.25, -0.2) is 4.79 Å². The minimum atomic E-state index is -0.401. The molecule has 1 aromatic heterocycles. The molecule has 1 amide bonds. The molecule has 2 rings (SSSR count). The van der Waals surface area contributed by atoms with Gasteiger partial charge in [0.1, 0.15) is 0 Å². The first-order valence-corrected chi connectivity index (χ1v) is 5.70. The highest BCUT2D eigenvalue weighted by atomic mass is 16.5. The maximum atomic E-state index is 11.7. The van der Waals surface area contributed by atoms with Crippen molar-refractivity contribution in [2.75, 3.05) is 11.9 Å². The van der Waals surface area contributed by atoms with E-state index in [9.17, 15) is 9.59 Å². The van der Waals surface area contributed by atoms with Crippen LogP contribution in [0.3, 0.4) is 0 Å². The Labute approximate surface area is 109 Å². The summed E-state index contributed by atoms with van der Waals surface area (Å²) in [4.78, 5) is 23.1. The largest absolute Gasteiger partial charge is 0.462 e. The zero-order valence-corrected chi connectivity index (χ0v) is 10.3. The van der Waals surface area contributed by atoms with Gasteiger partial charge in [-0.3, -0.25) is 4.79 Å². The van der Waals surface area contributed by atoms with Gasteiger partial charge in [0.15, 0.2) is 0 Å². The average molecular weight is 260 g/mol. The van der Waals surface area contributed by atoms with Crippen LogP contribution in [0, 0.1) is 0 Å². The molecule has 6 nitrogen and oxygen atoms in total. The molecular weight excluding hydrogens is 248 g/mol. The van der Waals surface area contributed by atoms with Crippen LogP contribution in [0.1, 0.15) is 27.8 Å². The van der Waals surface area contributed by atoms with Gasteiger partial charge in [0.2, 0.25) is 5.76 Å². The van der Waals surface area contributed by atoms with Crippen LogP contribution in [0.4, 0.5) is 5.69 Å². The molecule has 2 aromatic rings. The van der Waals surface area contributed by atoms with Gasteiger partial charge in [-0.15, -0.1) is 0 Å². The summed E-state index contributed by atoms with van der Waals surface area (Å²) in [6, 6.07) is 7.84. The van der Waals surface area contributed by atoms with E-state index < -0.39 is 11.9 Å². The molecular formula is C13H12N2O4. The fraction of sp³-hybridized carbons (Fsp3) is 0.154. The highest BCUT2D eigenvalue weighted by Gasteiger charge is 2.10. The number of anilines is 1. The minimum absolute atomic E-state index is 0.120. The van der Waals surface area contributed by atoms with Crippen LogP contribution in [-0.4, -0.2) is 23.6 Å². The van der Waals surface area contributed by atoms with Gasteiger partial charge in [0.25, 0.3) is 5.91 Å². The lowest BCUT2D eigenvalue weighted by molar-refractivity contribution is 0.0526. The van der Waals surface area contributed by atoms with E-state index in [1.165, 1.54) is 12.3 Å². The van der Waals surface area contributed by atoms with Crippen molar-refractivity contribution >= 4 is 17.6 Å². The van der Waals surface area contributed by atoms with E-state index >= 15 is 0 Å². The van der Waals surface area contributed by atoms with Gasteiger partial charge in [0, 0.05) is 11.8 Å². The number of ether oxygens (including phenoxy) is 1.